The van der Waals surface area contributed by atoms with Crippen LogP contribution in [0.1, 0.15) is 44.9 Å². The fourth-order valence-corrected chi connectivity index (χ4v) is 5.93. The number of carbonyl (C=O) groups is 2. The van der Waals surface area contributed by atoms with Crippen molar-refractivity contribution in [2.24, 2.45) is 11.3 Å². The second-order valence-corrected chi connectivity index (χ2v) is 8.76. The first kappa shape index (κ1) is 17.9. The molecule has 146 valence electrons. The summed E-state index contributed by atoms with van der Waals surface area (Å²) in [6.07, 6.45) is 6.91. The van der Waals surface area contributed by atoms with Crippen LogP contribution >= 0.6 is 0 Å². The van der Waals surface area contributed by atoms with Crippen LogP contribution in [0.15, 0.2) is 0 Å². The van der Waals surface area contributed by atoms with Crippen LogP contribution in [0.25, 0.3) is 0 Å². The topological polar surface area (TPSA) is 73.3 Å². The van der Waals surface area contributed by atoms with Gasteiger partial charge in [0.15, 0.2) is 0 Å². The fourth-order valence-electron chi connectivity index (χ4n) is 5.93. The van der Waals surface area contributed by atoms with E-state index < -0.39 is 6.09 Å². The molecule has 7 heteroatoms. The lowest BCUT2D eigenvalue weighted by molar-refractivity contribution is -0.0149. The number of likely N-dealkylation sites (tertiary alicyclic amines) is 3. The van der Waals surface area contributed by atoms with Gasteiger partial charge in [-0.1, -0.05) is 0 Å². The maximum atomic E-state index is 12.0. The number of carbonyl (C=O) groups excluding carboxylic acids is 1. The minimum Gasteiger partial charge on any atom is -0.465 e. The zero-order valence-electron chi connectivity index (χ0n) is 15.7. The Morgan fingerprint density at radius 2 is 1.81 bits per heavy atom. The van der Waals surface area contributed by atoms with Crippen LogP contribution in [0.4, 0.5) is 9.59 Å². The van der Waals surface area contributed by atoms with Gasteiger partial charge in [-0.25, -0.2) is 9.59 Å². The van der Waals surface area contributed by atoms with Crippen molar-refractivity contribution in [3.8, 4) is 0 Å². The fraction of sp³-hybridized carbons (Fsp3) is 0.895. The van der Waals surface area contributed by atoms with Gasteiger partial charge in [0.1, 0.15) is 0 Å². The lowest BCUT2D eigenvalue weighted by atomic mass is 9.64. The highest BCUT2D eigenvalue weighted by Crippen LogP contribution is 2.50. The summed E-state index contributed by atoms with van der Waals surface area (Å²) >= 11 is 0. The van der Waals surface area contributed by atoms with E-state index in [1.54, 1.807) is 4.90 Å². The number of nitrogens with zero attached hydrogens (tertiary/aromatic N) is 3. The number of methoxy groups -OCH3 is 1. The van der Waals surface area contributed by atoms with Gasteiger partial charge in [0.05, 0.1) is 7.11 Å². The van der Waals surface area contributed by atoms with Gasteiger partial charge in [0, 0.05) is 31.7 Å². The molecule has 1 atom stereocenters. The first-order valence-corrected chi connectivity index (χ1v) is 10.1. The van der Waals surface area contributed by atoms with E-state index in [-0.39, 0.29) is 11.5 Å². The Kier molecular flexibility index (Phi) is 4.75. The van der Waals surface area contributed by atoms with E-state index in [1.807, 2.05) is 4.90 Å². The summed E-state index contributed by atoms with van der Waals surface area (Å²) in [5, 5.41) is 9.17. The Morgan fingerprint density at radius 1 is 1.08 bits per heavy atom. The molecule has 4 rings (SSSR count). The molecule has 1 aliphatic carbocycles. The van der Waals surface area contributed by atoms with Gasteiger partial charge in [0.25, 0.3) is 0 Å². The van der Waals surface area contributed by atoms with Crippen molar-refractivity contribution < 1.29 is 19.4 Å². The SMILES string of the molecule is COC(=O)N1CCC[C@H]1C1CCN(C2CC3(CCN(C(=O)O)C3)C2)CC1. The van der Waals surface area contributed by atoms with E-state index in [9.17, 15) is 9.59 Å². The predicted octanol–water partition coefficient (Wildman–Crippen LogP) is 2.46. The summed E-state index contributed by atoms with van der Waals surface area (Å²) in [6.45, 7) is 4.49. The number of amides is 2. The molecule has 0 aromatic heterocycles. The molecule has 2 amide bonds. The van der Waals surface area contributed by atoms with Crippen LogP contribution < -0.4 is 0 Å². The molecule has 3 heterocycles. The molecule has 1 spiro atoms. The first-order valence-electron chi connectivity index (χ1n) is 10.1. The van der Waals surface area contributed by atoms with Crippen LogP contribution in [-0.4, -0.2) is 83.9 Å². The molecule has 26 heavy (non-hydrogen) atoms. The summed E-state index contributed by atoms with van der Waals surface area (Å²) in [7, 11) is 1.47. The largest absolute Gasteiger partial charge is 0.465 e. The van der Waals surface area contributed by atoms with Crippen LogP contribution in [0, 0.1) is 11.3 Å². The minimum absolute atomic E-state index is 0.167. The van der Waals surface area contributed by atoms with Gasteiger partial charge in [0.2, 0.25) is 0 Å². The van der Waals surface area contributed by atoms with Crippen LogP contribution in [0.3, 0.4) is 0 Å². The molecule has 0 bridgehead atoms. The Bertz CT molecular complexity index is 555. The number of carboxylic acid groups (broad SMARTS) is 1. The van der Waals surface area contributed by atoms with E-state index in [2.05, 4.69) is 4.90 Å². The Labute approximate surface area is 155 Å². The number of hydrogen-bond donors (Lipinski definition) is 1. The molecule has 0 unspecified atom stereocenters. The van der Waals surface area contributed by atoms with Gasteiger partial charge in [-0.3, -0.25) is 0 Å². The maximum absolute atomic E-state index is 12.0. The number of piperidine rings is 1. The van der Waals surface area contributed by atoms with E-state index in [1.165, 1.54) is 7.11 Å². The molecule has 1 N–H and O–H groups in total. The Morgan fingerprint density at radius 3 is 2.42 bits per heavy atom. The molecule has 3 aliphatic heterocycles. The zero-order chi connectivity index (χ0) is 18.3. The predicted molar refractivity (Wildman–Crippen MR) is 96.1 cm³/mol. The van der Waals surface area contributed by atoms with Crippen molar-refractivity contribution in [1.29, 1.82) is 0 Å². The van der Waals surface area contributed by atoms with E-state index in [4.69, 9.17) is 9.84 Å². The molecule has 3 saturated heterocycles. The quantitative estimate of drug-likeness (QED) is 0.814. The van der Waals surface area contributed by atoms with Gasteiger partial charge in [-0.05, 0) is 69.4 Å². The number of rotatable bonds is 2. The summed E-state index contributed by atoms with van der Waals surface area (Å²) in [5.41, 5.74) is 0.257. The molecule has 0 aromatic carbocycles. The van der Waals surface area contributed by atoms with Gasteiger partial charge < -0.3 is 24.5 Å². The molecular formula is C19H31N3O4. The smallest absolute Gasteiger partial charge is 0.409 e. The summed E-state index contributed by atoms with van der Waals surface area (Å²) in [5.74, 6) is 0.593. The van der Waals surface area contributed by atoms with E-state index in [0.29, 0.717) is 24.5 Å². The second-order valence-electron chi connectivity index (χ2n) is 8.76. The van der Waals surface area contributed by atoms with E-state index in [0.717, 1.165) is 71.1 Å². The van der Waals surface area contributed by atoms with Gasteiger partial charge in [-0.15, -0.1) is 0 Å². The third-order valence-corrected chi connectivity index (χ3v) is 7.39. The highest BCUT2D eigenvalue weighted by atomic mass is 16.5. The lowest BCUT2D eigenvalue weighted by Gasteiger charge is -2.52. The maximum Gasteiger partial charge on any atom is 0.409 e. The highest BCUT2D eigenvalue weighted by Gasteiger charge is 2.51. The number of ether oxygens (including phenoxy) is 1. The minimum atomic E-state index is -0.766. The van der Waals surface area contributed by atoms with Crippen molar-refractivity contribution in [3.05, 3.63) is 0 Å². The van der Waals surface area contributed by atoms with Gasteiger partial charge >= 0.3 is 12.2 Å². The summed E-state index contributed by atoms with van der Waals surface area (Å²) in [4.78, 5) is 29.3. The number of hydrogen-bond acceptors (Lipinski definition) is 4. The average molecular weight is 365 g/mol. The molecule has 1 saturated carbocycles. The second kappa shape index (κ2) is 6.91. The van der Waals surface area contributed by atoms with Crippen molar-refractivity contribution >= 4 is 12.2 Å². The third-order valence-electron chi connectivity index (χ3n) is 7.39. The molecule has 4 aliphatic rings. The van der Waals surface area contributed by atoms with E-state index >= 15 is 0 Å². The standard InChI is InChI=1S/C19H31N3O4/c1-26-18(25)22-7-2-3-16(22)14-4-8-20(9-5-14)15-11-19(12-15)6-10-21(13-19)17(23)24/h14-16H,2-13H2,1H3,(H,23,24)/t15?,16-,19?/m0/s1. The monoisotopic (exact) mass is 365 g/mol. The van der Waals surface area contributed by atoms with Crippen molar-refractivity contribution in [2.45, 2.75) is 57.0 Å². The van der Waals surface area contributed by atoms with Crippen LogP contribution in [0.5, 0.6) is 0 Å². The van der Waals surface area contributed by atoms with Crippen LogP contribution in [0.2, 0.25) is 0 Å². The summed E-state index contributed by atoms with van der Waals surface area (Å²) in [6, 6.07) is 0.987. The lowest BCUT2D eigenvalue weighted by Crippen LogP contribution is -2.55. The van der Waals surface area contributed by atoms with Crippen molar-refractivity contribution in [2.75, 3.05) is 39.8 Å². The highest BCUT2D eigenvalue weighted by molar-refractivity contribution is 5.68. The third kappa shape index (κ3) is 3.15. The summed E-state index contributed by atoms with van der Waals surface area (Å²) < 4.78 is 4.95. The average Bonchev–Trinajstić information content (AvgIpc) is 3.27. The molecule has 0 radical (unpaired) electrons. The Balaban J connectivity index is 1.25. The van der Waals surface area contributed by atoms with Crippen molar-refractivity contribution in [1.82, 2.24) is 14.7 Å². The Hall–Kier alpha value is -1.50. The normalized spacial score (nSPS) is 35.7. The van der Waals surface area contributed by atoms with Crippen LogP contribution in [-0.2, 0) is 4.74 Å². The molecule has 0 aromatic rings. The first-order chi connectivity index (χ1) is 12.5. The molecule has 7 nitrogen and oxygen atoms in total. The zero-order valence-corrected chi connectivity index (χ0v) is 15.7. The molecular weight excluding hydrogens is 334 g/mol. The molecule has 4 fully saturated rings. The van der Waals surface area contributed by atoms with Gasteiger partial charge in [-0.2, -0.15) is 0 Å². The van der Waals surface area contributed by atoms with Crippen molar-refractivity contribution in [3.63, 3.8) is 0 Å².